The molecule has 0 fully saturated rings. The normalized spacial score (nSPS) is 10.1. The molecule has 1 aromatic heterocycles. The zero-order valence-corrected chi connectivity index (χ0v) is 11.3. The Morgan fingerprint density at radius 2 is 2.15 bits per heavy atom. The van der Waals surface area contributed by atoms with Gasteiger partial charge in [0.15, 0.2) is 16.7 Å². The van der Waals surface area contributed by atoms with Crippen LogP contribution < -0.4 is 9.47 Å². The molecule has 1 aromatic carbocycles. The summed E-state index contributed by atoms with van der Waals surface area (Å²) in [5, 5.41) is 11.2. The summed E-state index contributed by atoms with van der Waals surface area (Å²) in [7, 11) is 1.38. The van der Waals surface area contributed by atoms with Crippen molar-refractivity contribution in [3.63, 3.8) is 0 Å². The van der Waals surface area contributed by atoms with E-state index < -0.39 is 4.92 Å². The molecule has 0 saturated carbocycles. The van der Waals surface area contributed by atoms with Gasteiger partial charge in [-0.25, -0.2) is 4.98 Å². The van der Waals surface area contributed by atoms with Gasteiger partial charge in [0.2, 0.25) is 0 Å². The van der Waals surface area contributed by atoms with Gasteiger partial charge in [0.05, 0.1) is 12.0 Å². The number of nitrogens with zero attached hydrogens (tertiary/aromatic N) is 2. The van der Waals surface area contributed by atoms with E-state index in [0.717, 1.165) is 0 Å². The fourth-order valence-corrected chi connectivity index (χ4v) is 1.78. The van der Waals surface area contributed by atoms with Gasteiger partial charge in [-0.2, -0.15) is 0 Å². The number of aromatic nitrogens is 1. The van der Waals surface area contributed by atoms with E-state index in [2.05, 4.69) is 4.98 Å². The largest absolute Gasteiger partial charge is 0.490 e. The van der Waals surface area contributed by atoms with Gasteiger partial charge < -0.3 is 9.47 Å². The molecule has 0 atom stereocenters. The third-order valence-electron chi connectivity index (χ3n) is 2.56. The van der Waals surface area contributed by atoms with Gasteiger partial charge in [-0.3, -0.25) is 10.1 Å². The van der Waals surface area contributed by atoms with Crippen LogP contribution in [0.25, 0.3) is 0 Å². The number of ether oxygens (including phenoxy) is 2. The molecule has 2 rings (SSSR count). The van der Waals surface area contributed by atoms with E-state index in [9.17, 15) is 10.1 Å². The van der Waals surface area contributed by atoms with Crippen LogP contribution in [0.15, 0.2) is 36.5 Å². The molecular weight excluding hydrogens is 284 g/mol. The van der Waals surface area contributed by atoms with Crippen molar-refractivity contribution in [1.82, 2.24) is 4.98 Å². The number of hydrogen-bond donors (Lipinski definition) is 0. The van der Waals surface area contributed by atoms with Crippen molar-refractivity contribution in [3.05, 3.63) is 57.4 Å². The molecule has 0 radical (unpaired) electrons. The van der Waals surface area contributed by atoms with Crippen molar-refractivity contribution in [2.45, 2.75) is 6.61 Å². The van der Waals surface area contributed by atoms with Gasteiger partial charge in [0, 0.05) is 12.3 Å². The molecule has 0 saturated heterocycles. The van der Waals surface area contributed by atoms with Crippen molar-refractivity contribution in [2.75, 3.05) is 7.11 Å². The predicted octanol–water partition coefficient (Wildman–Crippen LogP) is 3.23. The fraction of sp³-hybridized carbons (Fsp3) is 0.154. The first kappa shape index (κ1) is 14.1. The van der Waals surface area contributed by atoms with E-state index >= 15 is 0 Å². The molecule has 0 amide bonds. The van der Waals surface area contributed by atoms with Gasteiger partial charge in [-0.15, -0.1) is 0 Å². The molecule has 1 heterocycles. The molecule has 20 heavy (non-hydrogen) atoms. The molecular formula is C13H11ClN2O4. The molecule has 6 nitrogen and oxygen atoms in total. The number of pyridine rings is 1. The molecule has 0 spiro atoms. The Bertz CT molecular complexity index is 634. The minimum Gasteiger partial charge on any atom is -0.490 e. The summed E-state index contributed by atoms with van der Waals surface area (Å²) < 4.78 is 10.4. The summed E-state index contributed by atoms with van der Waals surface area (Å²) in [4.78, 5) is 14.3. The average molecular weight is 295 g/mol. The molecule has 0 unspecified atom stereocenters. The average Bonchev–Trinajstić information content (AvgIpc) is 2.46. The van der Waals surface area contributed by atoms with Crippen molar-refractivity contribution in [2.24, 2.45) is 0 Å². The van der Waals surface area contributed by atoms with E-state index in [-0.39, 0.29) is 23.2 Å². The van der Waals surface area contributed by atoms with E-state index in [1.54, 1.807) is 24.4 Å². The second kappa shape index (κ2) is 6.21. The van der Waals surface area contributed by atoms with Gasteiger partial charge in [-0.05, 0) is 23.8 Å². The maximum atomic E-state index is 10.9. The minimum absolute atomic E-state index is 0.106. The zero-order valence-electron chi connectivity index (χ0n) is 10.6. The lowest BCUT2D eigenvalue weighted by molar-refractivity contribution is -0.385. The lowest BCUT2D eigenvalue weighted by atomic mass is 10.2. The van der Waals surface area contributed by atoms with Crippen LogP contribution in [0.2, 0.25) is 5.15 Å². The van der Waals surface area contributed by atoms with Crippen molar-refractivity contribution >= 4 is 17.3 Å². The van der Waals surface area contributed by atoms with Crippen LogP contribution in [0, 0.1) is 10.1 Å². The zero-order chi connectivity index (χ0) is 14.5. The van der Waals surface area contributed by atoms with Crippen LogP contribution >= 0.6 is 11.6 Å². The molecule has 0 aliphatic heterocycles. The quantitative estimate of drug-likeness (QED) is 0.481. The highest BCUT2D eigenvalue weighted by molar-refractivity contribution is 6.30. The highest BCUT2D eigenvalue weighted by Crippen LogP contribution is 2.28. The van der Waals surface area contributed by atoms with Crippen LogP contribution in [0.1, 0.15) is 5.56 Å². The van der Waals surface area contributed by atoms with E-state index in [4.69, 9.17) is 21.1 Å². The summed E-state index contributed by atoms with van der Waals surface area (Å²) in [6.07, 6.45) is 1.55. The van der Waals surface area contributed by atoms with Gasteiger partial charge in [0.25, 0.3) is 0 Å². The topological polar surface area (TPSA) is 74.5 Å². The lowest BCUT2D eigenvalue weighted by Crippen LogP contribution is -1.99. The smallest absolute Gasteiger partial charge is 0.311 e. The number of hydrogen-bond acceptors (Lipinski definition) is 5. The summed E-state index contributed by atoms with van der Waals surface area (Å²) in [6, 6.07) is 7.99. The molecule has 0 bridgehead atoms. The van der Waals surface area contributed by atoms with Crippen LogP contribution in [-0.2, 0) is 6.61 Å². The third kappa shape index (κ3) is 3.16. The Hall–Kier alpha value is -2.34. The first-order valence-electron chi connectivity index (χ1n) is 5.66. The maximum Gasteiger partial charge on any atom is 0.311 e. The first-order valence-corrected chi connectivity index (χ1v) is 6.04. The number of benzene rings is 1. The van der Waals surface area contributed by atoms with Crippen molar-refractivity contribution in [3.8, 4) is 11.5 Å². The maximum absolute atomic E-state index is 10.9. The summed E-state index contributed by atoms with van der Waals surface area (Å²) >= 11 is 5.86. The van der Waals surface area contributed by atoms with Crippen molar-refractivity contribution < 1.29 is 14.4 Å². The lowest BCUT2D eigenvalue weighted by Gasteiger charge is -2.08. The molecule has 2 aromatic rings. The standard InChI is InChI=1S/C13H11ClN2O4/c1-19-11-5-4-9(7-10(11)16(17)18)8-20-12-3-2-6-15-13(12)14/h2-7H,8H2,1H3. The Morgan fingerprint density at radius 1 is 1.35 bits per heavy atom. The SMILES string of the molecule is COc1ccc(COc2cccnc2Cl)cc1[N+](=O)[O-]. The molecule has 7 heteroatoms. The summed E-state index contributed by atoms with van der Waals surface area (Å²) in [5.74, 6) is 0.630. The van der Waals surface area contributed by atoms with E-state index in [1.165, 1.54) is 19.2 Å². The Balaban J connectivity index is 2.16. The first-order chi connectivity index (χ1) is 9.61. The number of rotatable bonds is 5. The Morgan fingerprint density at radius 3 is 2.80 bits per heavy atom. The van der Waals surface area contributed by atoms with Crippen LogP contribution in [0.5, 0.6) is 11.5 Å². The van der Waals surface area contributed by atoms with E-state index in [1.807, 2.05) is 0 Å². The van der Waals surface area contributed by atoms with Gasteiger partial charge in [0.1, 0.15) is 6.61 Å². The predicted molar refractivity (Wildman–Crippen MR) is 73.2 cm³/mol. The number of methoxy groups -OCH3 is 1. The monoisotopic (exact) mass is 294 g/mol. The number of nitro benzene ring substituents is 1. The number of halogens is 1. The second-order valence-electron chi connectivity index (χ2n) is 3.84. The fourth-order valence-electron chi connectivity index (χ4n) is 1.61. The van der Waals surface area contributed by atoms with Crippen LogP contribution in [0.4, 0.5) is 5.69 Å². The third-order valence-corrected chi connectivity index (χ3v) is 2.84. The molecule has 0 aliphatic carbocycles. The van der Waals surface area contributed by atoms with Crippen LogP contribution in [-0.4, -0.2) is 17.0 Å². The second-order valence-corrected chi connectivity index (χ2v) is 4.20. The molecule has 104 valence electrons. The minimum atomic E-state index is -0.501. The highest BCUT2D eigenvalue weighted by atomic mass is 35.5. The van der Waals surface area contributed by atoms with Gasteiger partial charge >= 0.3 is 5.69 Å². The summed E-state index contributed by atoms with van der Waals surface area (Å²) in [5.41, 5.74) is 0.531. The number of nitro groups is 1. The van der Waals surface area contributed by atoms with E-state index in [0.29, 0.717) is 11.3 Å². The molecule has 0 aliphatic rings. The Kier molecular flexibility index (Phi) is 4.37. The molecule has 0 N–H and O–H groups in total. The van der Waals surface area contributed by atoms with Crippen molar-refractivity contribution in [1.29, 1.82) is 0 Å². The van der Waals surface area contributed by atoms with Crippen LogP contribution in [0.3, 0.4) is 0 Å². The highest BCUT2D eigenvalue weighted by Gasteiger charge is 2.15. The summed E-state index contributed by atoms with van der Waals surface area (Å²) in [6.45, 7) is 0.149. The van der Waals surface area contributed by atoms with Gasteiger partial charge in [-0.1, -0.05) is 17.7 Å². The Labute approximate surface area is 120 Å².